The van der Waals surface area contributed by atoms with E-state index in [4.69, 9.17) is 5.26 Å². The number of aryl methyl sites for hydroxylation is 1. The number of hydrogen-bond donors (Lipinski definition) is 2. The van der Waals surface area contributed by atoms with Crippen LogP contribution in [-0.2, 0) is 0 Å². The van der Waals surface area contributed by atoms with Crippen molar-refractivity contribution in [2.75, 3.05) is 37.8 Å². The molecule has 0 fully saturated rings. The fourth-order valence-electron chi connectivity index (χ4n) is 1.93. The number of aromatic nitrogens is 2. The van der Waals surface area contributed by atoms with Crippen LogP contribution in [-0.4, -0.2) is 42.1 Å². The van der Waals surface area contributed by atoms with E-state index in [1.807, 2.05) is 45.3 Å². The van der Waals surface area contributed by atoms with E-state index in [9.17, 15) is 0 Å². The maximum Gasteiger partial charge on any atom is 0.224 e. The lowest BCUT2D eigenvalue weighted by atomic mass is 10.2. The molecule has 0 unspecified atom stereocenters. The predicted octanol–water partition coefficient (Wildman–Crippen LogP) is 2.37. The van der Waals surface area contributed by atoms with E-state index >= 15 is 0 Å². The van der Waals surface area contributed by atoms with Crippen molar-refractivity contribution in [1.29, 1.82) is 5.26 Å². The molecule has 0 saturated carbocycles. The molecule has 2 N–H and O–H groups in total. The first-order chi connectivity index (χ1) is 10.6. The van der Waals surface area contributed by atoms with Crippen molar-refractivity contribution in [3.8, 4) is 6.07 Å². The predicted molar refractivity (Wildman–Crippen MR) is 88.3 cm³/mol. The molecular weight excluding hydrogens is 276 g/mol. The Kier molecular flexibility index (Phi) is 5.28. The summed E-state index contributed by atoms with van der Waals surface area (Å²) < 4.78 is 0. The molecule has 0 radical (unpaired) electrons. The third kappa shape index (κ3) is 4.43. The first-order valence-corrected chi connectivity index (χ1v) is 7.09. The highest BCUT2D eigenvalue weighted by atomic mass is 15.2. The van der Waals surface area contributed by atoms with Gasteiger partial charge >= 0.3 is 0 Å². The summed E-state index contributed by atoms with van der Waals surface area (Å²) in [5.74, 6) is 1.25. The van der Waals surface area contributed by atoms with Crippen LogP contribution in [0.15, 0.2) is 30.3 Å². The van der Waals surface area contributed by atoms with Gasteiger partial charge < -0.3 is 15.5 Å². The first-order valence-electron chi connectivity index (χ1n) is 7.09. The Morgan fingerprint density at radius 1 is 1.23 bits per heavy atom. The second-order valence-electron chi connectivity index (χ2n) is 5.23. The second kappa shape index (κ2) is 7.38. The lowest BCUT2D eigenvalue weighted by molar-refractivity contribution is 0.425. The van der Waals surface area contributed by atoms with Crippen LogP contribution in [0.5, 0.6) is 0 Å². The summed E-state index contributed by atoms with van der Waals surface area (Å²) in [5.41, 5.74) is 2.18. The van der Waals surface area contributed by atoms with E-state index in [0.717, 1.165) is 24.5 Å². The molecule has 114 valence electrons. The summed E-state index contributed by atoms with van der Waals surface area (Å²) in [7, 11) is 4.04. The number of rotatable bonds is 6. The molecule has 22 heavy (non-hydrogen) atoms. The molecule has 0 spiro atoms. The van der Waals surface area contributed by atoms with E-state index in [1.54, 1.807) is 6.07 Å². The number of hydrogen-bond acceptors (Lipinski definition) is 6. The van der Waals surface area contributed by atoms with Crippen molar-refractivity contribution < 1.29 is 0 Å². The molecule has 1 heterocycles. The number of nitrogens with zero attached hydrogens (tertiary/aromatic N) is 4. The molecule has 0 atom stereocenters. The number of benzene rings is 1. The summed E-state index contributed by atoms with van der Waals surface area (Å²) in [6, 6.07) is 11.4. The molecule has 1 aromatic carbocycles. The molecule has 0 amide bonds. The fraction of sp³-hybridized carbons (Fsp3) is 0.312. The van der Waals surface area contributed by atoms with Gasteiger partial charge in [0, 0.05) is 24.8 Å². The molecule has 0 aliphatic rings. The van der Waals surface area contributed by atoms with Gasteiger partial charge in [-0.2, -0.15) is 10.2 Å². The van der Waals surface area contributed by atoms with Gasteiger partial charge in [0.15, 0.2) is 0 Å². The van der Waals surface area contributed by atoms with Crippen LogP contribution in [0.1, 0.15) is 11.3 Å². The normalized spacial score (nSPS) is 10.3. The highest BCUT2D eigenvalue weighted by Gasteiger charge is 2.05. The van der Waals surface area contributed by atoms with Crippen LogP contribution in [0.2, 0.25) is 0 Å². The van der Waals surface area contributed by atoms with Gasteiger partial charge in [-0.15, -0.1) is 0 Å². The quantitative estimate of drug-likeness (QED) is 0.852. The largest absolute Gasteiger partial charge is 0.353 e. The third-order valence-corrected chi connectivity index (χ3v) is 3.01. The van der Waals surface area contributed by atoms with Gasteiger partial charge in [-0.1, -0.05) is 12.1 Å². The molecule has 2 rings (SSSR count). The number of likely N-dealkylation sites (N-methyl/N-ethyl adjacent to an activating group) is 1. The van der Waals surface area contributed by atoms with Gasteiger partial charge in [0.1, 0.15) is 11.9 Å². The average molecular weight is 296 g/mol. The number of anilines is 3. The zero-order chi connectivity index (χ0) is 15.9. The highest BCUT2D eigenvalue weighted by molar-refractivity contribution is 5.65. The summed E-state index contributed by atoms with van der Waals surface area (Å²) in [6.07, 6.45) is 0. The highest BCUT2D eigenvalue weighted by Crippen LogP contribution is 2.20. The number of para-hydroxylation sites is 1. The van der Waals surface area contributed by atoms with Crippen LogP contribution in [0.25, 0.3) is 0 Å². The van der Waals surface area contributed by atoms with Crippen LogP contribution in [0, 0.1) is 18.3 Å². The van der Waals surface area contributed by atoms with E-state index in [0.29, 0.717) is 17.3 Å². The maximum absolute atomic E-state index is 9.13. The minimum atomic E-state index is 0.582. The standard InChI is InChI=1S/C16H20N6/c1-12-10-15(20-14-7-5-4-6-13(14)11-17)21-16(19-12)18-8-9-22(2)3/h4-7,10H,8-9H2,1-3H3,(H2,18,19,20,21). The van der Waals surface area contributed by atoms with Gasteiger partial charge in [0.25, 0.3) is 0 Å². The van der Waals surface area contributed by atoms with Gasteiger partial charge in [-0.25, -0.2) is 4.98 Å². The zero-order valence-corrected chi connectivity index (χ0v) is 13.1. The summed E-state index contributed by atoms with van der Waals surface area (Å²) >= 11 is 0. The summed E-state index contributed by atoms with van der Waals surface area (Å²) in [4.78, 5) is 10.9. The molecule has 1 aromatic heterocycles. The van der Waals surface area contributed by atoms with Crippen LogP contribution < -0.4 is 10.6 Å². The van der Waals surface area contributed by atoms with Crippen molar-refractivity contribution in [2.24, 2.45) is 0 Å². The van der Waals surface area contributed by atoms with E-state index < -0.39 is 0 Å². The Hall–Kier alpha value is -2.65. The van der Waals surface area contributed by atoms with E-state index in [-0.39, 0.29) is 0 Å². The zero-order valence-electron chi connectivity index (χ0n) is 13.1. The molecule has 2 aromatic rings. The Morgan fingerprint density at radius 3 is 2.73 bits per heavy atom. The van der Waals surface area contributed by atoms with Crippen LogP contribution in [0.4, 0.5) is 17.5 Å². The van der Waals surface area contributed by atoms with Crippen molar-refractivity contribution in [2.45, 2.75) is 6.92 Å². The van der Waals surface area contributed by atoms with Crippen molar-refractivity contribution in [1.82, 2.24) is 14.9 Å². The van der Waals surface area contributed by atoms with Crippen molar-refractivity contribution >= 4 is 17.5 Å². The molecule has 6 heteroatoms. The fourth-order valence-corrected chi connectivity index (χ4v) is 1.93. The second-order valence-corrected chi connectivity index (χ2v) is 5.23. The topological polar surface area (TPSA) is 76.9 Å². The number of nitriles is 1. The molecular formula is C16H20N6. The Bertz CT molecular complexity index is 675. The molecule has 0 saturated heterocycles. The van der Waals surface area contributed by atoms with Gasteiger partial charge in [-0.05, 0) is 33.2 Å². The molecule has 0 aliphatic carbocycles. The lowest BCUT2D eigenvalue weighted by Crippen LogP contribution is -2.21. The van der Waals surface area contributed by atoms with Gasteiger partial charge in [0.05, 0.1) is 11.3 Å². The lowest BCUT2D eigenvalue weighted by Gasteiger charge is -2.12. The number of nitrogens with one attached hydrogen (secondary N) is 2. The van der Waals surface area contributed by atoms with Crippen molar-refractivity contribution in [3.05, 3.63) is 41.6 Å². The van der Waals surface area contributed by atoms with Gasteiger partial charge in [0.2, 0.25) is 5.95 Å². The van der Waals surface area contributed by atoms with Gasteiger partial charge in [-0.3, -0.25) is 0 Å². The van der Waals surface area contributed by atoms with Crippen LogP contribution >= 0.6 is 0 Å². The maximum atomic E-state index is 9.13. The summed E-state index contributed by atoms with van der Waals surface area (Å²) in [6.45, 7) is 3.59. The van der Waals surface area contributed by atoms with E-state index in [1.165, 1.54) is 0 Å². The van der Waals surface area contributed by atoms with E-state index in [2.05, 4.69) is 31.6 Å². The monoisotopic (exact) mass is 296 g/mol. The Morgan fingerprint density at radius 2 is 2.00 bits per heavy atom. The first kappa shape index (κ1) is 15.7. The smallest absolute Gasteiger partial charge is 0.224 e. The SMILES string of the molecule is Cc1cc(Nc2ccccc2C#N)nc(NCCN(C)C)n1. The Balaban J connectivity index is 2.14. The third-order valence-electron chi connectivity index (χ3n) is 3.01. The molecule has 6 nitrogen and oxygen atoms in total. The minimum Gasteiger partial charge on any atom is -0.353 e. The minimum absolute atomic E-state index is 0.582. The Labute approximate surface area is 130 Å². The molecule has 0 aliphatic heterocycles. The average Bonchev–Trinajstić information content (AvgIpc) is 2.47. The summed E-state index contributed by atoms with van der Waals surface area (Å²) in [5, 5.41) is 15.5. The molecule has 0 bridgehead atoms. The van der Waals surface area contributed by atoms with Crippen LogP contribution in [0.3, 0.4) is 0 Å². The van der Waals surface area contributed by atoms with Crippen molar-refractivity contribution in [3.63, 3.8) is 0 Å².